The van der Waals surface area contributed by atoms with E-state index in [1.807, 2.05) is 0 Å². The van der Waals surface area contributed by atoms with Gasteiger partial charge in [-0.15, -0.1) is 0 Å². The Bertz CT molecular complexity index is 874. The van der Waals surface area contributed by atoms with E-state index in [9.17, 15) is 14.3 Å². The number of benzene rings is 2. The van der Waals surface area contributed by atoms with Crippen LogP contribution in [-0.2, 0) is 9.30 Å². The predicted molar refractivity (Wildman–Crippen MR) is 100 cm³/mol. The van der Waals surface area contributed by atoms with Crippen molar-refractivity contribution in [3.8, 4) is 11.5 Å². The van der Waals surface area contributed by atoms with Crippen LogP contribution in [0.2, 0.25) is 10.0 Å². The van der Waals surface area contributed by atoms with Gasteiger partial charge in [0, 0.05) is 11.9 Å². The molecule has 2 rings (SSSR count). The summed E-state index contributed by atoms with van der Waals surface area (Å²) in [5.41, 5.74) is 0.434. The quantitative estimate of drug-likeness (QED) is 0.525. The van der Waals surface area contributed by atoms with Crippen LogP contribution >= 0.6 is 30.8 Å². The van der Waals surface area contributed by atoms with Gasteiger partial charge in [0.25, 0.3) is 0 Å². The molecule has 0 spiro atoms. The Morgan fingerprint density at radius 1 is 1.12 bits per heavy atom. The summed E-state index contributed by atoms with van der Waals surface area (Å²) in [6.45, 7) is 0. The number of carbonyl (C=O) groups excluding carboxylic acids is 1. The smallest absolute Gasteiger partial charge is 0.401 e. The minimum Gasteiger partial charge on any atom is -0.497 e. The summed E-state index contributed by atoms with van der Waals surface area (Å²) in [6.07, 6.45) is 1.32. The lowest BCUT2D eigenvalue weighted by molar-refractivity contribution is 0.0601. The van der Waals surface area contributed by atoms with Gasteiger partial charge in [-0.2, -0.15) is 0 Å². The zero-order valence-corrected chi connectivity index (χ0v) is 16.2. The number of methoxy groups -OCH3 is 2. The normalized spacial score (nSPS) is 13.3. The highest BCUT2D eigenvalue weighted by atomic mass is 35.5. The van der Waals surface area contributed by atoms with E-state index in [0.29, 0.717) is 11.3 Å². The van der Waals surface area contributed by atoms with E-state index in [1.54, 1.807) is 12.1 Å². The highest BCUT2D eigenvalue weighted by Crippen LogP contribution is 2.45. The molecule has 0 bridgehead atoms. The summed E-state index contributed by atoms with van der Waals surface area (Å²) < 4.78 is 26.9. The monoisotopic (exact) mass is 416 g/mol. The van der Waals surface area contributed by atoms with Crippen molar-refractivity contribution in [3.05, 3.63) is 63.4 Å². The second-order valence-corrected chi connectivity index (χ2v) is 7.42. The highest BCUT2D eigenvalue weighted by molar-refractivity contribution is 7.56. The van der Waals surface area contributed by atoms with Gasteiger partial charge in [0.15, 0.2) is 0 Å². The van der Waals surface area contributed by atoms with E-state index in [1.165, 1.54) is 44.6 Å². The number of rotatable bonds is 6. The Labute approximate surface area is 160 Å². The minimum absolute atomic E-state index is 0.0211. The van der Waals surface area contributed by atoms with Gasteiger partial charge in [0.1, 0.15) is 11.5 Å². The van der Waals surface area contributed by atoms with Gasteiger partial charge >= 0.3 is 13.6 Å². The van der Waals surface area contributed by atoms with Crippen molar-refractivity contribution in [2.45, 2.75) is 0 Å². The average molecular weight is 417 g/mol. The lowest BCUT2D eigenvalue weighted by Gasteiger charge is -2.11. The third-order valence-corrected chi connectivity index (χ3v) is 4.78. The molecule has 2 aromatic carbocycles. The Kier molecular flexibility index (Phi) is 6.73. The first-order chi connectivity index (χ1) is 12.3. The van der Waals surface area contributed by atoms with Crippen LogP contribution in [0.3, 0.4) is 0 Å². The van der Waals surface area contributed by atoms with Crippen molar-refractivity contribution in [1.29, 1.82) is 0 Å². The summed E-state index contributed by atoms with van der Waals surface area (Å²) in [7, 11) is -1.41. The zero-order chi connectivity index (χ0) is 19.3. The van der Waals surface area contributed by atoms with E-state index in [4.69, 9.17) is 32.5 Å². The fourth-order valence-electron chi connectivity index (χ4n) is 2.01. The van der Waals surface area contributed by atoms with Crippen LogP contribution in [0.25, 0.3) is 6.08 Å². The molecule has 0 aromatic heterocycles. The molecule has 26 heavy (non-hydrogen) atoms. The standard InChI is InChI=1S/C17H15Cl2O6P/c1-23-12-4-3-5-13(10-12)25-26(21,22)7-6-11-8-14(18)16(15(19)9-11)17(20)24-2/h3-10H,1-2H3,(H,21,22)/b7-6+. The maximum atomic E-state index is 12.2. The highest BCUT2D eigenvalue weighted by Gasteiger charge is 2.19. The predicted octanol–water partition coefficient (Wildman–Crippen LogP) is 5.02. The van der Waals surface area contributed by atoms with E-state index in [-0.39, 0.29) is 21.4 Å². The van der Waals surface area contributed by atoms with E-state index < -0.39 is 13.6 Å². The van der Waals surface area contributed by atoms with Crippen LogP contribution in [0, 0.1) is 0 Å². The number of hydrogen-bond acceptors (Lipinski definition) is 5. The lowest BCUT2D eigenvalue weighted by Crippen LogP contribution is -2.03. The van der Waals surface area contributed by atoms with Crippen LogP contribution < -0.4 is 9.26 Å². The molecule has 0 aliphatic carbocycles. The number of esters is 1. The topological polar surface area (TPSA) is 82.1 Å². The fourth-order valence-corrected chi connectivity index (χ4v) is 3.50. The molecule has 0 aliphatic heterocycles. The maximum absolute atomic E-state index is 12.2. The molecule has 9 heteroatoms. The molecule has 0 saturated carbocycles. The minimum atomic E-state index is -4.09. The molecule has 1 N–H and O–H groups in total. The molecule has 0 aliphatic rings. The summed E-state index contributed by atoms with van der Waals surface area (Å²) >= 11 is 12.1. The average Bonchev–Trinajstić information content (AvgIpc) is 2.59. The van der Waals surface area contributed by atoms with Crippen molar-refractivity contribution in [2.75, 3.05) is 14.2 Å². The van der Waals surface area contributed by atoms with Crippen LogP contribution in [0.15, 0.2) is 42.2 Å². The first-order valence-corrected chi connectivity index (χ1v) is 9.59. The molecule has 138 valence electrons. The molecule has 2 aromatic rings. The molecular weight excluding hydrogens is 402 g/mol. The summed E-state index contributed by atoms with van der Waals surface area (Å²) in [5.74, 6) is 0.983. The van der Waals surface area contributed by atoms with Crippen molar-refractivity contribution in [1.82, 2.24) is 0 Å². The van der Waals surface area contributed by atoms with E-state index in [0.717, 1.165) is 5.82 Å². The Morgan fingerprint density at radius 2 is 1.73 bits per heavy atom. The molecular formula is C17H15Cl2O6P. The number of ether oxygens (including phenoxy) is 2. The van der Waals surface area contributed by atoms with Gasteiger partial charge in [0.05, 0.1) is 29.8 Å². The second-order valence-electron chi connectivity index (χ2n) is 5.00. The maximum Gasteiger partial charge on any atom is 0.401 e. The first kappa shape index (κ1) is 20.3. The second kappa shape index (κ2) is 8.60. The summed E-state index contributed by atoms with van der Waals surface area (Å²) in [4.78, 5) is 21.6. The van der Waals surface area contributed by atoms with Gasteiger partial charge in [-0.25, -0.2) is 9.36 Å². The lowest BCUT2D eigenvalue weighted by atomic mass is 10.1. The molecule has 0 heterocycles. The zero-order valence-electron chi connectivity index (χ0n) is 13.8. The van der Waals surface area contributed by atoms with Crippen LogP contribution in [0.4, 0.5) is 0 Å². The van der Waals surface area contributed by atoms with Gasteiger partial charge in [-0.3, -0.25) is 0 Å². The van der Waals surface area contributed by atoms with E-state index >= 15 is 0 Å². The Balaban J connectivity index is 2.22. The number of carbonyl (C=O) groups is 1. The van der Waals surface area contributed by atoms with Crippen molar-refractivity contribution in [3.63, 3.8) is 0 Å². The van der Waals surface area contributed by atoms with Gasteiger partial charge < -0.3 is 18.9 Å². The SMILES string of the molecule is COC(=O)c1c(Cl)cc(/C=C/P(=O)(O)Oc2cccc(OC)c2)cc1Cl. The van der Waals surface area contributed by atoms with Crippen LogP contribution in [0.5, 0.6) is 11.5 Å². The first-order valence-electron chi connectivity index (χ1n) is 7.18. The van der Waals surface area contributed by atoms with Crippen molar-refractivity contribution < 1.29 is 28.3 Å². The number of halogens is 2. The van der Waals surface area contributed by atoms with E-state index in [2.05, 4.69) is 4.74 Å². The van der Waals surface area contributed by atoms with Crippen molar-refractivity contribution in [2.24, 2.45) is 0 Å². The van der Waals surface area contributed by atoms with Crippen LogP contribution in [0.1, 0.15) is 15.9 Å². The van der Waals surface area contributed by atoms with Crippen molar-refractivity contribution >= 4 is 42.8 Å². The Hall–Kier alpha value is -1.98. The third kappa shape index (κ3) is 5.26. The Morgan fingerprint density at radius 3 is 2.31 bits per heavy atom. The van der Waals surface area contributed by atoms with Gasteiger partial charge in [-0.05, 0) is 35.9 Å². The molecule has 0 fully saturated rings. The third-order valence-electron chi connectivity index (χ3n) is 3.19. The van der Waals surface area contributed by atoms with Crippen LogP contribution in [-0.4, -0.2) is 25.1 Å². The summed E-state index contributed by atoms with van der Waals surface area (Å²) in [6, 6.07) is 9.15. The van der Waals surface area contributed by atoms with Gasteiger partial charge in [-0.1, -0.05) is 29.3 Å². The summed E-state index contributed by atoms with van der Waals surface area (Å²) in [5, 5.41) is 0.121. The molecule has 6 nitrogen and oxygen atoms in total. The molecule has 1 atom stereocenters. The molecule has 1 unspecified atom stereocenters. The fraction of sp³-hybridized carbons (Fsp3) is 0.118. The molecule has 0 amide bonds. The number of hydrogen-bond donors (Lipinski definition) is 1. The largest absolute Gasteiger partial charge is 0.497 e. The molecule has 0 radical (unpaired) electrons. The van der Waals surface area contributed by atoms with Gasteiger partial charge in [0.2, 0.25) is 0 Å². The molecule has 0 saturated heterocycles.